The van der Waals surface area contributed by atoms with E-state index in [2.05, 4.69) is 31.8 Å². The van der Waals surface area contributed by atoms with Crippen molar-refractivity contribution in [1.82, 2.24) is 10.7 Å². The molecule has 172 valence electrons. The molecule has 0 aliphatic rings. The van der Waals surface area contributed by atoms with Crippen molar-refractivity contribution >= 4 is 67.0 Å². The molecule has 0 radical (unpaired) electrons. The number of nitrogens with one attached hydrogen (secondary N) is 2. The molecule has 1 heterocycles. The van der Waals surface area contributed by atoms with Gasteiger partial charge >= 0.3 is 0 Å². The molecular formula is C25H19BrClN3O3S. The molecule has 0 saturated carbocycles. The predicted octanol–water partition coefficient (Wildman–Crippen LogP) is 5.78. The van der Waals surface area contributed by atoms with Gasteiger partial charge in [-0.25, -0.2) is 5.43 Å². The van der Waals surface area contributed by atoms with Crippen LogP contribution in [0.1, 0.15) is 20.8 Å². The van der Waals surface area contributed by atoms with Gasteiger partial charge in [0.25, 0.3) is 11.8 Å². The minimum absolute atomic E-state index is 0.234. The maximum atomic E-state index is 12.5. The maximum absolute atomic E-state index is 12.5. The van der Waals surface area contributed by atoms with Crippen molar-refractivity contribution in [2.24, 2.45) is 5.10 Å². The van der Waals surface area contributed by atoms with Crippen molar-refractivity contribution in [1.29, 1.82) is 0 Å². The fourth-order valence-electron chi connectivity index (χ4n) is 3.12. The normalized spacial score (nSPS) is 11.0. The molecule has 3 aromatic carbocycles. The minimum Gasteiger partial charge on any atom is -0.488 e. The Bertz CT molecular complexity index is 1370. The first kappa shape index (κ1) is 23.9. The number of amides is 2. The molecule has 0 aliphatic heterocycles. The van der Waals surface area contributed by atoms with Crippen LogP contribution in [0.2, 0.25) is 5.02 Å². The molecular weight excluding hydrogens is 538 g/mol. The average Bonchev–Trinajstić information content (AvgIpc) is 3.18. The van der Waals surface area contributed by atoms with E-state index in [1.165, 1.54) is 17.6 Å². The Balaban J connectivity index is 1.30. The van der Waals surface area contributed by atoms with Gasteiger partial charge in [0.05, 0.1) is 17.8 Å². The summed E-state index contributed by atoms with van der Waals surface area (Å²) >= 11 is 11.0. The minimum atomic E-state index is -0.464. The van der Waals surface area contributed by atoms with E-state index in [4.69, 9.17) is 16.3 Å². The summed E-state index contributed by atoms with van der Waals surface area (Å²) in [6.45, 7) is 0.157. The molecule has 0 fully saturated rings. The summed E-state index contributed by atoms with van der Waals surface area (Å²) in [7, 11) is 0. The Morgan fingerprint density at radius 3 is 2.68 bits per heavy atom. The molecule has 4 rings (SSSR count). The van der Waals surface area contributed by atoms with Crippen LogP contribution in [0.15, 0.2) is 82.4 Å². The molecule has 0 aliphatic carbocycles. The van der Waals surface area contributed by atoms with Gasteiger partial charge < -0.3 is 10.1 Å². The average molecular weight is 557 g/mol. The second-order valence-electron chi connectivity index (χ2n) is 7.17. The van der Waals surface area contributed by atoms with Crippen LogP contribution in [0, 0.1) is 0 Å². The Morgan fingerprint density at radius 1 is 1.06 bits per heavy atom. The number of para-hydroxylation sites is 1. The summed E-state index contributed by atoms with van der Waals surface area (Å²) < 4.78 is 7.80. The number of rotatable bonds is 8. The topological polar surface area (TPSA) is 79.8 Å². The third kappa shape index (κ3) is 6.02. The lowest BCUT2D eigenvalue weighted by Crippen LogP contribution is -2.34. The van der Waals surface area contributed by atoms with Crippen LogP contribution in [-0.4, -0.2) is 24.6 Å². The number of hydrogen-bond donors (Lipinski definition) is 2. The summed E-state index contributed by atoms with van der Waals surface area (Å²) in [5.41, 5.74) is 4.14. The Labute approximate surface area is 213 Å². The monoisotopic (exact) mass is 555 g/mol. The number of hydrazone groups is 1. The fourth-order valence-corrected chi connectivity index (χ4v) is 5.00. The standard InChI is InChI=1S/C25H19BrClN3O3S/c26-18-8-5-6-16(12-18)15-33-20-10-3-1-7-17(20)13-29-30-22(31)14-28-25(32)24-23(27)19-9-2-4-11-21(19)34-24/h1-13H,14-15H2,(H,28,32)(H,30,31)/b29-13+. The first-order valence-corrected chi connectivity index (χ1v) is 12.2. The number of benzene rings is 3. The largest absolute Gasteiger partial charge is 0.488 e. The van der Waals surface area contributed by atoms with E-state index in [9.17, 15) is 9.59 Å². The second kappa shape index (κ2) is 11.3. The maximum Gasteiger partial charge on any atom is 0.263 e. The van der Waals surface area contributed by atoms with Crippen LogP contribution in [0.4, 0.5) is 0 Å². The first-order chi connectivity index (χ1) is 16.5. The predicted molar refractivity (Wildman–Crippen MR) is 140 cm³/mol. The number of ether oxygens (including phenoxy) is 1. The van der Waals surface area contributed by atoms with Crippen LogP contribution < -0.4 is 15.5 Å². The molecule has 2 amide bonds. The molecule has 4 aromatic rings. The molecule has 34 heavy (non-hydrogen) atoms. The highest BCUT2D eigenvalue weighted by atomic mass is 79.9. The molecule has 0 spiro atoms. The molecule has 2 N–H and O–H groups in total. The summed E-state index contributed by atoms with van der Waals surface area (Å²) in [5.74, 6) is -0.237. The van der Waals surface area contributed by atoms with Crippen molar-refractivity contribution in [3.8, 4) is 5.75 Å². The van der Waals surface area contributed by atoms with E-state index in [-0.39, 0.29) is 6.54 Å². The summed E-state index contributed by atoms with van der Waals surface area (Å²) in [5, 5.41) is 7.76. The number of carbonyl (C=O) groups excluding carboxylic acids is 2. The number of thiophene rings is 1. The highest BCUT2D eigenvalue weighted by Crippen LogP contribution is 2.34. The Hall–Kier alpha value is -3.20. The van der Waals surface area contributed by atoms with Crippen molar-refractivity contribution < 1.29 is 14.3 Å². The van der Waals surface area contributed by atoms with Crippen molar-refractivity contribution in [3.63, 3.8) is 0 Å². The van der Waals surface area contributed by atoms with Crippen molar-refractivity contribution in [2.45, 2.75) is 6.61 Å². The lowest BCUT2D eigenvalue weighted by atomic mass is 10.2. The van der Waals surface area contributed by atoms with Crippen molar-refractivity contribution in [2.75, 3.05) is 6.54 Å². The third-order valence-electron chi connectivity index (χ3n) is 4.75. The lowest BCUT2D eigenvalue weighted by Gasteiger charge is -2.09. The van der Waals surface area contributed by atoms with Gasteiger partial charge in [0, 0.05) is 20.1 Å². The van der Waals surface area contributed by atoms with Crippen LogP contribution in [-0.2, 0) is 11.4 Å². The van der Waals surface area contributed by atoms with Crippen molar-refractivity contribution in [3.05, 3.63) is 98.3 Å². The van der Waals surface area contributed by atoms with Gasteiger partial charge in [-0.2, -0.15) is 5.10 Å². The molecule has 0 atom stereocenters. The van der Waals surface area contributed by atoms with Gasteiger partial charge in [0.2, 0.25) is 0 Å². The van der Waals surface area contributed by atoms with Crippen LogP contribution >= 0.6 is 38.9 Å². The van der Waals surface area contributed by atoms with Gasteiger partial charge in [-0.15, -0.1) is 11.3 Å². The first-order valence-electron chi connectivity index (χ1n) is 10.2. The zero-order valence-corrected chi connectivity index (χ0v) is 20.9. The van der Waals surface area contributed by atoms with Crippen LogP contribution in [0.3, 0.4) is 0 Å². The van der Waals surface area contributed by atoms with E-state index in [1.54, 1.807) is 0 Å². The number of hydrogen-bond acceptors (Lipinski definition) is 5. The Kier molecular flexibility index (Phi) is 7.95. The number of carbonyl (C=O) groups is 2. The van der Waals surface area contributed by atoms with E-state index in [1.807, 2.05) is 72.8 Å². The van der Waals surface area contributed by atoms with Gasteiger partial charge in [-0.05, 0) is 35.9 Å². The number of nitrogens with zero attached hydrogens (tertiary/aromatic N) is 1. The van der Waals surface area contributed by atoms with Crippen LogP contribution in [0.5, 0.6) is 5.75 Å². The highest BCUT2D eigenvalue weighted by molar-refractivity contribution is 9.10. The summed E-state index contributed by atoms with van der Waals surface area (Å²) in [6, 6.07) is 22.7. The van der Waals surface area contributed by atoms with E-state index in [0.717, 1.165) is 20.1 Å². The van der Waals surface area contributed by atoms with Gasteiger partial charge in [-0.1, -0.05) is 70.0 Å². The number of fused-ring (bicyclic) bond motifs is 1. The smallest absolute Gasteiger partial charge is 0.263 e. The summed E-state index contributed by atoms with van der Waals surface area (Å²) in [6.07, 6.45) is 1.50. The SMILES string of the molecule is O=C(CNC(=O)c1sc2ccccc2c1Cl)N/N=C/c1ccccc1OCc1cccc(Br)c1. The molecule has 1 aromatic heterocycles. The molecule has 6 nitrogen and oxygen atoms in total. The van der Waals surface area contributed by atoms with Gasteiger partial charge in [0.15, 0.2) is 0 Å². The van der Waals surface area contributed by atoms with E-state index < -0.39 is 11.8 Å². The quantitative estimate of drug-likeness (QED) is 0.213. The van der Waals surface area contributed by atoms with E-state index >= 15 is 0 Å². The molecule has 0 unspecified atom stereocenters. The van der Waals surface area contributed by atoms with Crippen LogP contribution in [0.25, 0.3) is 10.1 Å². The number of halogens is 2. The molecule has 9 heteroatoms. The third-order valence-corrected chi connectivity index (χ3v) is 6.91. The molecule has 0 bridgehead atoms. The zero-order chi connectivity index (χ0) is 23.9. The Morgan fingerprint density at radius 2 is 1.85 bits per heavy atom. The lowest BCUT2D eigenvalue weighted by molar-refractivity contribution is -0.120. The molecule has 0 saturated heterocycles. The highest BCUT2D eigenvalue weighted by Gasteiger charge is 2.17. The second-order valence-corrected chi connectivity index (χ2v) is 9.52. The fraction of sp³-hybridized carbons (Fsp3) is 0.0800. The zero-order valence-electron chi connectivity index (χ0n) is 17.8. The van der Waals surface area contributed by atoms with Gasteiger partial charge in [-0.3, -0.25) is 9.59 Å². The van der Waals surface area contributed by atoms with Gasteiger partial charge in [0.1, 0.15) is 17.2 Å². The van der Waals surface area contributed by atoms with E-state index in [0.29, 0.717) is 27.8 Å². The summed E-state index contributed by atoms with van der Waals surface area (Å²) in [4.78, 5) is 25.0.